The lowest BCUT2D eigenvalue weighted by Gasteiger charge is -2.32. The molecule has 0 aliphatic heterocycles. The summed E-state index contributed by atoms with van der Waals surface area (Å²) in [5.41, 5.74) is 2.41. The number of aromatic amines is 1. The van der Waals surface area contributed by atoms with Gasteiger partial charge in [0.05, 0.1) is 11.0 Å². The van der Waals surface area contributed by atoms with E-state index in [0.29, 0.717) is 6.04 Å². The molecule has 0 bridgehead atoms. The van der Waals surface area contributed by atoms with Crippen molar-refractivity contribution in [1.29, 1.82) is 0 Å². The van der Waals surface area contributed by atoms with E-state index in [1.54, 1.807) is 0 Å². The molecule has 0 radical (unpaired) electrons. The number of hydrogen-bond donors (Lipinski definition) is 1. The van der Waals surface area contributed by atoms with Gasteiger partial charge in [0, 0.05) is 9.61 Å². The molecule has 2 nitrogen and oxygen atoms in total. The molecule has 1 N–H and O–H groups in total. The molecule has 90 valence electrons. The van der Waals surface area contributed by atoms with Crippen LogP contribution < -0.4 is 0 Å². The van der Waals surface area contributed by atoms with Crippen molar-refractivity contribution in [2.24, 2.45) is 5.92 Å². The monoisotopic (exact) mass is 358 g/mol. The van der Waals surface area contributed by atoms with Crippen molar-refractivity contribution in [2.75, 3.05) is 0 Å². The zero-order valence-electron chi connectivity index (χ0n) is 9.74. The lowest BCUT2D eigenvalue weighted by molar-refractivity contribution is 0.224. The molecule has 1 saturated carbocycles. The predicted octanol–water partition coefficient (Wildman–Crippen LogP) is 4.66. The van der Waals surface area contributed by atoms with Crippen LogP contribution in [0, 0.1) is 14.3 Å². The van der Waals surface area contributed by atoms with Crippen LogP contribution in [0.4, 0.5) is 0 Å². The van der Waals surface area contributed by atoms with E-state index in [1.807, 2.05) is 0 Å². The average Bonchev–Trinajstić information content (AvgIpc) is 2.50. The fraction of sp³-hybridized carbons (Fsp3) is 0.462. The highest BCUT2D eigenvalue weighted by molar-refractivity contribution is 14.1. The van der Waals surface area contributed by atoms with Gasteiger partial charge in [0.25, 0.3) is 0 Å². The predicted molar refractivity (Wildman–Crippen MR) is 81.9 cm³/mol. The summed E-state index contributed by atoms with van der Waals surface area (Å²) in [7, 11) is 0. The number of nitrogens with zero attached hydrogens (tertiary/aromatic N) is 1. The van der Waals surface area contributed by atoms with E-state index < -0.39 is 0 Å². The maximum Gasteiger partial charge on any atom is 0.178 e. The van der Waals surface area contributed by atoms with E-state index in [-0.39, 0.29) is 0 Å². The maximum absolute atomic E-state index is 5.47. The minimum Gasteiger partial charge on any atom is -0.331 e. The summed E-state index contributed by atoms with van der Waals surface area (Å²) in [6.07, 6.45) is 4.07. The molecular formula is C13H15IN2S. The topological polar surface area (TPSA) is 20.7 Å². The molecule has 17 heavy (non-hydrogen) atoms. The molecule has 4 heteroatoms. The van der Waals surface area contributed by atoms with Crippen LogP contribution in [0.25, 0.3) is 11.0 Å². The second kappa shape index (κ2) is 4.39. The zero-order chi connectivity index (χ0) is 12.0. The third kappa shape index (κ3) is 1.95. The zero-order valence-corrected chi connectivity index (χ0v) is 12.7. The quantitative estimate of drug-likeness (QED) is 0.612. The highest BCUT2D eigenvalue weighted by Crippen LogP contribution is 2.37. The third-order valence-corrected chi connectivity index (χ3v) is 4.89. The molecule has 3 rings (SSSR count). The second-order valence-corrected chi connectivity index (χ2v) is 6.53. The Morgan fingerprint density at radius 1 is 1.47 bits per heavy atom. The first-order valence-electron chi connectivity index (χ1n) is 6.06. The molecule has 1 aromatic heterocycles. The molecule has 1 aliphatic carbocycles. The molecule has 1 fully saturated rings. The Labute approximate surface area is 120 Å². The highest BCUT2D eigenvalue weighted by Gasteiger charge is 2.26. The van der Waals surface area contributed by atoms with Crippen LogP contribution in [0.3, 0.4) is 0 Å². The number of fused-ring (bicyclic) bond motifs is 1. The molecule has 1 heterocycles. The summed E-state index contributed by atoms with van der Waals surface area (Å²) in [6, 6.07) is 7.01. The van der Waals surface area contributed by atoms with Gasteiger partial charge in [0.2, 0.25) is 0 Å². The van der Waals surface area contributed by atoms with Crippen LogP contribution in [-0.2, 0) is 0 Å². The van der Waals surface area contributed by atoms with E-state index in [4.69, 9.17) is 12.2 Å². The van der Waals surface area contributed by atoms with E-state index in [9.17, 15) is 0 Å². The number of H-pyrrole nitrogens is 1. The lowest BCUT2D eigenvalue weighted by atomic mass is 9.80. The minimum atomic E-state index is 0.519. The van der Waals surface area contributed by atoms with Crippen LogP contribution in [0.15, 0.2) is 18.2 Å². The third-order valence-electron chi connectivity index (χ3n) is 3.92. The largest absolute Gasteiger partial charge is 0.331 e. The second-order valence-electron chi connectivity index (χ2n) is 4.89. The Hall–Kier alpha value is -0.360. The van der Waals surface area contributed by atoms with Crippen molar-refractivity contribution in [3.8, 4) is 0 Å². The lowest BCUT2D eigenvalue weighted by Crippen LogP contribution is -2.22. The fourth-order valence-electron chi connectivity index (χ4n) is 2.64. The van der Waals surface area contributed by atoms with Crippen molar-refractivity contribution in [3.05, 3.63) is 26.5 Å². The van der Waals surface area contributed by atoms with Crippen molar-refractivity contribution in [3.63, 3.8) is 0 Å². The molecule has 0 saturated heterocycles. The Kier molecular flexibility index (Phi) is 3.02. The Morgan fingerprint density at radius 3 is 2.88 bits per heavy atom. The van der Waals surface area contributed by atoms with Crippen molar-refractivity contribution in [1.82, 2.24) is 9.55 Å². The van der Waals surface area contributed by atoms with Gasteiger partial charge in [-0.25, -0.2) is 0 Å². The summed E-state index contributed by atoms with van der Waals surface area (Å²) in [6.45, 7) is 2.30. The van der Waals surface area contributed by atoms with Crippen LogP contribution in [-0.4, -0.2) is 9.55 Å². The number of nitrogens with one attached hydrogen (secondary N) is 1. The van der Waals surface area contributed by atoms with Gasteiger partial charge >= 0.3 is 0 Å². The van der Waals surface area contributed by atoms with Crippen LogP contribution >= 0.6 is 34.8 Å². The molecule has 1 atom stereocenters. The summed E-state index contributed by atoms with van der Waals surface area (Å²) < 4.78 is 4.40. The number of rotatable bonds is 2. The summed E-state index contributed by atoms with van der Waals surface area (Å²) in [5, 5.41) is 0. The maximum atomic E-state index is 5.47. The smallest absolute Gasteiger partial charge is 0.178 e. The van der Waals surface area contributed by atoms with Gasteiger partial charge in [0.15, 0.2) is 4.77 Å². The average molecular weight is 358 g/mol. The number of imidazole rings is 1. The van der Waals surface area contributed by atoms with Gasteiger partial charge in [-0.1, -0.05) is 6.42 Å². The van der Waals surface area contributed by atoms with E-state index >= 15 is 0 Å². The fourth-order valence-corrected chi connectivity index (χ4v) is 3.51. The molecule has 1 aliphatic rings. The standard InChI is InChI=1S/C13H15IN2S/c1-8(9-3-2-4-9)16-12-6-5-10(14)7-11(12)15-13(16)17/h5-9H,2-4H2,1H3,(H,15,17). The summed E-state index contributed by atoms with van der Waals surface area (Å²) in [5.74, 6) is 0.806. The van der Waals surface area contributed by atoms with E-state index in [1.165, 1.54) is 28.3 Å². The van der Waals surface area contributed by atoms with Gasteiger partial charge in [-0.15, -0.1) is 0 Å². The van der Waals surface area contributed by atoms with Gasteiger partial charge in [-0.05, 0) is 78.7 Å². The SMILES string of the molecule is CC(C1CCC1)n1c(=S)[nH]c2cc(I)ccc21. The van der Waals surface area contributed by atoms with E-state index in [0.717, 1.165) is 16.2 Å². The van der Waals surface area contributed by atoms with Gasteiger partial charge < -0.3 is 9.55 Å². The Bertz CT molecular complexity index is 609. The Balaban J connectivity index is 2.14. The van der Waals surface area contributed by atoms with Crippen molar-refractivity contribution in [2.45, 2.75) is 32.2 Å². The van der Waals surface area contributed by atoms with Gasteiger partial charge in [0.1, 0.15) is 0 Å². The number of hydrogen-bond acceptors (Lipinski definition) is 1. The Morgan fingerprint density at radius 2 is 2.24 bits per heavy atom. The minimum absolute atomic E-state index is 0.519. The van der Waals surface area contributed by atoms with Crippen molar-refractivity contribution >= 4 is 45.8 Å². The first-order chi connectivity index (χ1) is 8.16. The summed E-state index contributed by atoms with van der Waals surface area (Å²) in [4.78, 5) is 3.32. The van der Waals surface area contributed by atoms with Gasteiger partial charge in [-0.2, -0.15) is 0 Å². The summed E-state index contributed by atoms with van der Waals surface area (Å²) >= 11 is 7.80. The molecule has 0 spiro atoms. The van der Waals surface area contributed by atoms with Gasteiger partial charge in [-0.3, -0.25) is 0 Å². The van der Waals surface area contributed by atoms with Crippen LogP contribution in [0.1, 0.15) is 32.2 Å². The molecule has 2 aromatic rings. The molecular weight excluding hydrogens is 343 g/mol. The molecule has 0 amide bonds. The first kappa shape index (κ1) is 11.7. The number of halogens is 1. The number of aromatic nitrogens is 2. The van der Waals surface area contributed by atoms with E-state index in [2.05, 4.69) is 57.3 Å². The molecule has 1 unspecified atom stereocenters. The molecule has 1 aromatic carbocycles. The normalized spacial score (nSPS) is 18.2. The van der Waals surface area contributed by atoms with Crippen LogP contribution in [0.5, 0.6) is 0 Å². The number of benzene rings is 1. The first-order valence-corrected chi connectivity index (χ1v) is 7.55. The highest BCUT2D eigenvalue weighted by atomic mass is 127. The van der Waals surface area contributed by atoms with Crippen molar-refractivity contribution < 1.29 is 0 Å². The van der Waals surface area contributed by atoms with Crippen LogP contribution in [0.2, 0.25) is 0 Å².